The summed E-state index contributed by atoms with van der Waals surface area (Å²) >= 11 is 0. The van der Waals surface area contributed by atoms with Crippen LogP contribution in [0, 0.1) is 0 Å². The lowest BCUT2D eigenvalue weighted by Gasteiger charge is -2.38. The molecule has 1 amide bonds. The van der Waals surface area contributed by atoms with Gasteiger partial charge in [0.15, 0.2) is 0 Å². The van der Waals surface area contributed by atoms with Gasteiger partial charge in [0.1, 0.15) is 0 Å². The Labute approximate surface area is 142 Å². The average Bonchev–Trinajstić information content (AvgIpc) is 2.48. The molecule has 0 unspecified atom stereocenters. The van der Waals surface area contributed by atoms with Crippen molar-refractivity contribution in [2.75, 3.05) is 10.8 Å². The molecule has 0 bridgehead atoms. The van der Waals surface area contributed by atoms with Crippen molar-refractivity contribution in [3.63, 3.8) is 0 Å². The van der Waals surface area contributed by atoms with E-state index in [1.165, 1.54) is 4.31 Å². The van der Waals surface area contributed by atoms with Gasteiger partial charge >= 0.3 is 16.2 Å². The monoisotopic (exact) mass is 354 g/mol. The molecule has 1 aliphatic heterocycles. The summed E-state index contributed by atoms with van der Waals surface area (Å²) in [5.41, 5.74) is 0.754. The van der Waals surface area contributed by atoms with Crippen LogP contribution in [-0.4, -0.2) is 42.3 Å². The van der Waals surface area contributed by atoms with Crippen molar-refractivity contribution in [2.24, 2.45) is 0 Å². The first-order chi connectivity index (χ1) is 11.3. The Morgan fingerprint density at radius 3 is 2.46 bits per heavy atom. The van der Waals surface area contributed by atoms with Crippen molar-refractivity contribution in [3.05, 3.63) is 29.8 Å². The number of carbonyl (C=O) groups is 2. The van der Waals surface area contributed by atoms with E-state index in [-0.39, 0.29) is 13.0 Å². The Hall–Kier alpha value is -2.09. The maximum Gasteiger partial charge on any atom is 0.329 e. The van der Waals surface area contributed by atoms with Crippen LogP contribution < -0.4 is 4.31 Å². The fourth-order valence-corrected chi connectivity index (χ4v) is 4.59. The van der Waals surface area contributed by atoms with Crippen molar-refractivity contribution in [3.8, 4) is 0 Å². The molecule has 0 aliphatic carbocycles. The van der Waals surface area contributed by atoms with Gasteiger partial charge < -0.3 is 5.11 Å². The maximum absolute atomic E-state index is 12.8. The van der Waals surface area contributed by atoms with Gasteiger partial charge in [0, 0.05) is 19.0 Å². The second-order valence-electron chi connectivity index (χ2n) is 6.00. The van der Waals surface area contributed by atoms with E-state index in [9.17, 15) is 18.0 Å². The van der Waals surface area contributed by atoms with Gasteiger partial charge in [-0.25, -0.2) is 4.31 Å². The molecule has 7 nitrogen and oxygen atoms in total. The van der Waals surface area contributed by atoms with E-state index in [2.05, 4.69) is 0 Å². The molecule has 1 aromatic rings. The molecule has 1 N–H and O–H groups in total. The van der Waals surface area contributed by atoms with Crippen LogP contribution in [0.3, 0.4) is 0 Å². The Morgan fingerprint density at radius 1 is 1.17 bits per heavy atom. The zero-order chi connectivity index (χ0) is 17.9. The molecule has 0 aromatic heterocycles. The summed E-state index contributed by atoms with van der Waals surface area (Å²) in [6.07, 6.45) is 1.70. The van der Waals surface area contributed by atoms with Gasteiger partial charge in [0.25, 0.3) is 5.91 Å². The molecule has 0 saturated heterocycles. The number of rotatable bonds is 7. The lowest BCUT2D eigenvalue weighted by molar-refractivity contribution is -0.137. The van der Waals surface area contributed by atoms with E-state index in [4.69, 9.17) is 5.11 Å². The van der Waals surface area contributed by atoms with Crippen molar-refractivity contribution >= 4 is 27.8 Å². The largest absolute Gasteiger partial charge is 0.481 e. The molecule has 8 heteroatoms. The molecule has 0 atom stereocenters. The summed E-state index contributed by atoms with van der Waals surface area (Å²) in [4.78, 5) is 23.1. The van der Waals surface area contributed by atoms with Crippen molar-refractivity contribution < 1.29 is 23.1 Å². The Bertz CT molecular complexity index is 730. The molecule has 0 radical (unpaired) electrons. The second kappa shape index (κ2) is 7.21. The number of unbranched alkanes of at least 4 members (excludes halogenated alkanes) is 2. The van der Waals surface area contributed by atoms with E-state index in [1.807, 2.05) is 0 Å². The number of amides is 1. The van der Waals surface area contributed by atoms with Gasteiger partial charge in [-0.15, -0.1) is 0 Å². The fourth-order valence-electron chi connectivity index (χ4n) is 2.77. The van der Waals surface area contributed by atoms with Gasteiger partial charge in [-0.2, -0.15) is 8.42 Å². The number of fused-ring (bicyclic) bond motifs is 1. The molecule has 132 valence electrons. The van der Waals surface area contributed by atoms with E-state index < -0.39 is 28.1 Å². The minimum absolute atomic E-state index is 0.0694. The summed E-state index contributed by atoms with van der Waals surface area (Å²) in [5.74, 6) is -1.37. The Morgan fingerprint density at radius 2 is 1.83 bits per heavy atom. The van der Waals surface area contributed by atoms with Crippen LogP contribution >= 0.6 is 0 Å². The van der Waals surface area contributed by atoms with Crippen LogP contribution in [-0.2, 0) is 15.0 Å². The minimum Gasteiger partial charge on any atom is -0.481 e. The van der Waals surface area contributed by atoms with Gasteiger partial charge in [0.2, 0.25) is 0 Å². The van der Waals surface area contributed by atoms with Gasteiger partial charge in [-0.1, -0.05) is 18.6 Å². The maximum atomic E-state index is 12.8. The third-order valence-corrected chi connectivity index (χ3v) is 5.87. The number of hydrogen-bond acceptors (Lipinski definition) is 4. The van der Waals surface area contributed by atoms with E-state index in [0.29, 0.717) is 30.5 Å². The normalized spacial score (nSPS) is 16.4. The molecular formula is C16H22N2O5S. The molecule has 24 heavy (non-hydrogen) atoms. The zero-order valence-electron chi connectivity index (χ0n) is 13.8. The van der Waals surface area contributed by atoms with E-state index in [1.54, 1.807) is 38.1 Å². The number of carboxylic acids is 1. The van der Waals surface area contributed by atoms with E-state index >= 15 is 0 Å². The summed E-state index contributed by atoms with van der Waals surface area (Å²) in [7, 11) is -3.93. The zero-order valence-corrected chi connectivity index (χ0v) is 14.6. The SMILES string of the molecule is CC(C)N1C(=O)c2ccccc2N(CCCCCC(=O)O)S1(=O)=O. The number of nitrogens with zero attached hydrogens (tertiary/aromatic N) is 2. The topological polar surface area (TPSA) is 95.0 Å². The lowest BCUT2D eigenvalue weighted by atomic mass is 10.1. The Balaban J connectivity index is 2.25. The van der Waals surface area contributed by atoms with Crippen LogP contribution in [0.15, 0.2) is 24.3 Å². The molecule has 1 heterocycles. The molecule has 1 aliphatic rings. The van der Waals surface area contributed by atoms with Gasteiger partial charge in [-0.3, -0.25) is 13.9 Å². The smallest absolute Gasteiger partial charge is 0.329 e. The fraction of sp³-hybridized carbons (Fsp3) is 0.500. The highest BCUT2D eigenvalue weighted by Gasteiger charge is 2.42. The highest BCUT2D eigenvalue weighted by atomic mass is 32.2. The van der Waals surface area contributed by atoms with Crippen molar-refractivity contribution in [2.45, 2.75) is 45.6 Å². The van der Waals surface area contributed by atoms with Crippen LogP contribution in [0.2, 0.25) is 0 Å². The molecule has 2 rings (SSSR count). The van der Waals surface area contributed by atoms with Gasteiger partial charge in [0.05, 0.1) is 11.3 Å². The predicted molar refractivity (Wildman–Crippen MR) is 90.1 cm³/mol. The van der Waals surface area contributed by atoms with Crippen molar-refractivity contribution in [1.29, 1.82) is 0 Å². The summed E-state index contributed by atoms with van der Waals surface area (Å²) in [6, 6.07) is 6.17. The number of carboxylic acid groups (broad SMARTS) is 1. The molecular weight excluding hydrogens is 332 g/mol. The number of para-hydroxylation sites is 1. The average molecular weight is 354 g/mol. The minimum atomic E-state index is -3.93. The standard InChI is InChI=1S/C16H22N2O5S/c1-12(2)18-16(21)13-8-5-6-9-14(13)17(24(18,22)23)11-7-3-4-10-15(19)20/h5-6,8-9,12H,3-4,7,10-11H2,1-2H3,(H,19,20). The first-order valence-electron chi connectivity index (χ1n) is 7.94. The predicted octanol–water partition coefficient (Wildman–Crippen LogP) is 2.25. The summed E-state index contributed by atoms with van der Waals surface area (Å²) in [5, 5.41) is 8.65. The van der Waals surface area contributed by atoms with Crippen LogP contribution in [0.4, 0.5) is 5.69 Å². The van der Waals surface area contributed by atoms with E-state index in [0.717, 1.165) is 4.31 Å². The van der Waals surface area contributed by atoms with Crippen LogP contribution in [0.1, 0.15) is 49.9 Å². The molecule has 1 aromatic carbocycles. The number of hydrogen-bond donors (Lipinski definition) is 1. The third-order valence-electron chi connectivity index (χ3n) is 3.85. The van der Waals surface area contributed by atoms with Crippen LogP contribution in [0.25, 0.3) is 0 Å². The first kappa shape index (κ1) is 18.3. The summed E-state index contributed by atoms with van der Waals surface area (Å²) < 4.78 is 27.8. The first-order valence-corrected chi connectivity index (χ1v) is 9.33. The quantitative estimate of drug-likeness (QED) is 0.758. The number of aliphatic carboxylic acids is 1. The molecule has 0 spiro atoms. The number of carbonyl (C=O) groups excluding carboxylic acids is 1. The molecule has 0 fully saturated rings. The Kier molecular flexibility index (Phi) is 5.48. The highest BCUT2D eigenvalue weighted by Crippen LogP contribution is 2.33. The third kappa shape index (κ3) is 3.53. The van der Waals surface area contributed by atoms with Crippen molar-refractivity contribution in [1.82, 2.24) is 4.31 Å². The number of benzene rings is 1. The number of anilines is 1. The van der Waals surface area contributed by atoms with Gasteiger partial charge in [-0.05, 0) is 38.8 Å². The molecule has 0 saturated carbocycles. The lowest BCUT2D eigenvalue weighted by Crippen LogP contribution is -2.54. The highest BCUT2D eigenvalue weighted by molar-refractivity contribution is 7.91. The second-order valence-corrected chi connectivity index (χ2v) is 7.73. The van der Waals surface area contributed by atoms with Crippen LogP contribution in [0.5, 0.6) is 0 Å². The summed E-state index contributed by atoms with van der Waals surface area (Å²) in [6.45, 7) is 3.54.